The lowest BCUT2D eigenvalue weighted by Gasteiger charge is -2.30. The lowest BCUT2D eigenvalue weighted by molar-refractivity contribution is 0.0532. The van der Waals surface area contributed by atoms with E-state index < -0.39 is 0 Å². The van der Waals surface area contributed by atoms with Crippen LogP contribution in [0.5, 0.6) is 0 Å². The Morgan fingerprint density at radius 1 is 1.69 bits per heavy atom. The van der Waals surface area contributed by atoms with Gasteiger partial charge in [-0.2, -0.15) is 0 Å². The quantitative estimate of drug-likeness (QED) is 0.686. The summed E-state index contributed by atoms with van der Waals surface area (Å²) in [5.41, 5.74) is 0. The number of rotatable bonds is 1. The smallest absolute Gasteiger partial charge is 0.185 e. The molecule has 2 rings (SSSR count). The van der Waals surface area contributed by atoms with Crippen molar-refractivity contribution in [2.24, 2.45) is 0 Å². The number of nitrogens with zero attached hydrogens (tertiary/aromatic N) is 2. The van der Waals surface area contributed by atoms with E-state index in [9.17, 15) is 0 Å². The molecule has 2 heterocycles. The highest BCUT2D eigenvalue weighted by Gasteiger charge is 2.18. The van der Waals surface area contributed by atoms with E-state index in [-0.39, 0.29) is 0 Å². The van der Waals surface area contributed by atoms with E-state index in [0.29, 0.717) is 6.10 Å². The molecule has 0 bridgehead atoms. The second-order valence-corrected chi connectivity index (χ2v) is 4.59. The van der Waals surface area contributed by atoms with E-state index in [0.717, 1.165) is 24.8 Å². The van der Waals surface area contributed by atoms with Gasteiger partial charge >= 0.3 is 0 Å². The molecule has 72 valence electrons. The van der Waals surface area contributed by atoms with Gasteiger partial charge in [0.2, 0.25) is 0 Å². The maximum atomic E-state index is 5.47. The molecule has 0 amide bonds. The largest absolute Gasteiger partial charge is 0.375 e. The Balaban J connectivity index is 2.08. The van der Waals surface area contributed by atoms with Crippen molar-refractivity contribution in [1.82, 2.24) is 4.98 Å². The van der Waals surface area contributed by atoms with Gasteiger partial charge in [0, 0.05) is 24.2 Å². The molecule has 1 aromatic heterocycles. The topological polar surface area (TPSA) is 25.4 Å². The van der Waals surface area contributed by atoms with Crippen LogP contribution < -0.4 is 4.90 Å². The van der Waals surface area contributed by atoms with Crippen LogP contribution in [0.15, 0.2) is 6.20 Å². The third-order valence-corrected chi connectivity index (χ3v) is 3.09. The molecule has 0 aromatic carbocycles. The molecule has 1 atom stereocenters. The van der Waals surface area contributed by atoms with Crippen molar-refractivity contribution in [2.45, 2.75) is 20.0 Å². The highest BCUT2D eigenvalue weighted by Crippen LogP contribution is 2.23. The Morgan fingerprint density at radius 3 is 3.15 bits per heavy atom. The number of ether oxygens (including phenoxy) is 1. The van der Waals surface area contributed by atoms with Gasteiger partial charge in [-0.15, -0.1) is 11.3 Å². The van der Waals surface area contributed by atoms with Gasteiger partial charge in [-0.1, -0.05) is 0 Å². The fraction of sp³-hybridized carbons (Fsp3) is 0.667. The summed E-state index contributed by atoms with van der Waals surface area (Å²) >= 11 is 1.76. The van der Waals surface area contributed by atoms with Gasteiger partial charge in [0.25, 0.3) is 0 Å². The van der Waals surface area contributed by atoms with Crippen LogP contribution in [0, 0.1) is 6.92 Å². The van der Waals surface area contributed by atoms with Crippen LogP contribution in [0.2, 0.25) is 0 Å². The van der Waals surface area contributed by atoms with E-state index >= 15 is 0 Å². The van der Waals surface area contributed by atoms with Crippen LogP contribution >= 0.6 is 11.3 Å². The molecule has 1 fully saturated rings. The van der Waals surface area contributed by atoms with Gasteiger partial charge in [-0.05, 0) is 13.8 Å². The summed E-state index contributed by atoms with van der Waals surface area (Å²) in [5, 5.41) is 1.13. The van der Waals surface area contributed by atoms with Crippen molar-refractivity contribution >= 4 is 16.5 Å². The number of hydrogen-bond acceptors (Lipinski definition) is 4. The van der Waals surface area contributed by atoms with E-state index in [1.807, 2.05) is 6.20 Å². The summed E-state index contributed by atoms with van der Waals surface area (Å²) in [5.74, 6) is 0. The van der Waals surface area contributed by atoms with Gasteiger partial charge in [0.15, 0.2) is 5.13 Å². The van der Waals surface area contributed by atoms with Crippen molar-refractivity contribution in [3.05, 3.63) is 11.1 Å². The SMILES string of the molecule is Cc1cnc(N2CCOC(C)C2)s1. The number of morpholine rings is 1. The first-order chi connectivity index (χ1) is 6.25. The molecule has 1 saturated heterocycles. The minimum absolute atomic E-state index is 0.331. The van der Waals surface area contributed by atoms with E-state index in [1.54, 1.807) is 11.3 Å². The summed E-state index contributed by atoms with van der Waals surface area (Å²) < 4.78 is 5.47. The maximum Gasteiger partial charge on any atom is 0.185 e. The molecule has 0 aliphatic carbocycles. The maximum absolute atomic E-state index is 5.47. The molecule has 0 saturated carbocycles. The number of hydrogen-bond donors (Lipinski definition) is 0. The summed E-state index contributed by atoms with van der Waals surface area (Å²) in [7, 11) is 0. The van der Waals surface area contributed by atoms with Crippen LogP contribution in [0.25, 0.3) is 0 Å². The fourth-order valence-corrected chi connectivity index (χ4v) is 2.27. The third-order valence-electron chi connectivity index (χ3n) is 2.12. The first-order valence-electron chi connectivity index (χ1n) is 4.54. The third kappa shape index (κ3) is 2.00. The molecule has 3 nitrogen and oxygen atoms in total. The fourth-order valence-electron chi connectivity index (χ4n) is 1.48. The minimum atomic E-state index is 0.331. The second kappa shape index (κ2) is 3.64. The van der Waals surface area contributed by atoms with E-state index in [1.165, 1.54) is 4.88 Å². The van der Waals surface area contributed by atoms with Crippen LogP contribution in [0.3, 0.4) is 0 Å². The normalized spacial score (nSPS) is 23.5. The summed E-state index contributed by atoms with van der Waals surface area (Å²) in [6.45, 7) is 6.95. The molecule has 13 heavy (non-hydrogen) atoms. The van der Waals surface area contributed by atoms with Crippen molar-refractivity contribution < 1.29 is 4.74 Å². The Kier molecular flexibility index (Phi) is 2.51. The highest BCUT2D eigenvalue weighted by molar-refractivity contribution is 7.15. The predicted molar refractivity (Wildman–Crippen MR) is 54.5 cm³/mol. The minimum Gasteiger partial charge on any atom is -0.375 e. The Bertz CT molecular complexity index is 287. The van der Waals surface area contributed by atoms with Gasteiger partial charge in [-0.3, -0.25) is 0 Å². The molecule has 1 aromatic rings. The van der Waals surface area contributed by atoms with Crippen molar-refractivity contribution in [3.8, 4) is 0 Å². The molecule has 0 spiro atoms. The monoisotopic (exact) mass is 198 g/mol. The van der Waals surface area contributed by atoms with Crippen LogP contribution in [0.4, 0.5) is 5.13 Å². The van der Waals surface area contributed by atoms with Crippen molar-refractivity contribution in [3.63, 3.8) is 0 Å². The van der Waals surface area contributed by atoms with Crippen LogP contribution in [-0.4, -0.2) is 30.8 Å². The molecular formula is C9H14N2OS. The van der Waals surface area contributed by atoms with E-state index in [2.05, 4.69) is 23.7 Å². The number of aryl methyl sites for hydroxylation is 1. The summed E-state index contributed by atoms with van der Waals surface area (Å²) in [6.07, 6.45) is 2.26. The molecule has 1 aliphatic rings. The average Bonchev–Trinajstić information content (AvgIpc) is 2.52. The molecule has 1 unspecified atom stereocenters. The van der Waals surface area contributed by atoms with E-state index in [4.69, 9.17) is 4.74 Å². The Morgan fingerprint density at radius 2 is 2.54 bits per heavy atom. The lowest BCUT2D eigenvalue weighted by atomic mass is 10.3. The zero-order valence-electron chi connectivity index (χ0n) is 7.99. The second-order valence-electron chi connectivity index (χ2n) is 3.38. The highest BCUT2D eigenvalue weighted by atomic mass is 32.1. The van der Waals surface area contributed by atoms with Gasteiger partial charge < -0.3 is 9.64 Å². The molecule has 1 aliphatic heterocycles. The summed E-state index contributed by atoms with van der Waals surface area (Å²) in [4.78, 5) is 7.93. The van der Waals surface area contributed by atoms with Gasteiger partial charge in [-0.25, -0.2) is 4.98 Å². The average molecular weight is 198 g/mol. The first kappa shape index (κ1) is 8.97. The first-order valence-corrected chi connectivity index (χ1v) is 5.36. The number of thiazole rings is 1. The zero-order chi connectivity index (χ0) is 9.26. The van der Waals surface area contributed by atoms with Crippen molar-refractivity contribution in [2.75, 3.05) is 24.6 Å². The molecular weight excluding hydrogens is 184 g/mol. The molecule has 4 heteroatoms. The van der Waals surface area contributed by atoms with Crippen molar-refractivity contribution in [1.29, 1.82) is 0 Å². The molecule has 0 N–H and O–H groups in total. The van der Waals surface area contributed by atoms with Gasteiger partial charge in [0.05, 0.1) is 12.7 Å². The Hall–Kier alpha value is -0.610. The predicted octanol–water partition coefficient (Wildman–Crippen LogP) is 1.68. The standard InChI is InChI=1S/C9H14N2OS/c1-7-6-11(3-4-12-7)9-10-5-8(2)13-9/h5,7H,3-4,6H2,1-2H3. The van der Waals surface area contributed by atoms with Crippen LogP contribution in [0.1, 0.15) is 11.8 Å². The van der Waals surface area contributed by atoms with Gasteiger partial charge in [0.1, 0.15) is 0 Å². The Labute approximate surface area is 82.3 Å². The zero-order valence-corrected chi connectivity index (χ0v) is 8.80. The number of aromatic nitrogens is 1. The van der Waals surface area contributed by atoms with Crippen LogP contribution in [-0.2, 0) is 4.74 Å². The lowest BCUT2D eigenvalue weighted by Crippen LogP contribution is -2.41. The number of anilines is 1. The molecule has 0 radical (unpaired) electrons. The summed E-state index contributed by atoms with van der Waals surface area (Å²) in [6, 6.07) is 0.